The van der Waals surface area contributed by atoms with Crippen LogP contribution in [0.15, 0.2) is 24.3 Å². The lowest BCUT2D eigenvalue weighted by Crippen LogP contribution is -2.39. The summed E-state index contributed by atoms with van der Waals surface area (Å²) >= 11 is 0. The van der Waals surface area contributed by atoms with Crippen LogP contribution in [0.25, 0.3) is 0 Å². The Bertz CT molecular complexity index is 489. The van der Waals surface area contributed by atoms with Crippen molar-refractivity contribution in [3.63, 3.8) is 0 Å². The minimum atomic E-state index is -0.369. The molecule has 1 heterocycles. The molecule has 3 nitrogen and oxygen atoms in total. The van der Waals surface area contributed by atoms with Crippen molar-refractivity contribution >= 4 is 5.91 Å². The lowest BCUT2D eigenvalue weighted by molar-refractivity contribution is -0.132. The van der Waals surface area contributed by atoms with E-state index < -0.39 is 0 Å². The van der Waals surface area contributed by atoms with Gasteiger partial charge in [0, 0.05) is 11.6 Å². The number of nitrogens with one attached hydrogen (secondary N) is 1. The molecule has 0 bridgehead atoms. The highest BCUT2D eigenvalue weighted by molar-refractivity contribution is 5.85. The number of nitrogens with zero attached hydrogens (tertiary/aromatic N) is 1. The first-order valence-electron chi connectivity index (χ1n) is 7.30. The number of halogens is 1. The predicted molar refractivity (Wildman–Crippen MR) is 77.5 cm³/mol. The van der Waals surface area contributed by atoms with Crippen molar-refractivity contribution in [2.75, 3.05) is 0 Å². The van der Waals surface area contributed by atoms with Crippen LogP contribution in [-0.2, 0) is 4.79 Å². The standard InChI is InChI=1S/C16H23FN2O/c1-5-11(4)19-15(12-8-6-7-9-13(12)17)18-14(10(2)3)16(19)20/h6-11,14-15,18H,5H2,1-4H3. The Hall–Kier alpha value is -1.42. The van der Waals surface area contributed by atoms with Gasteiger partial charge in [0.05, 0.1) is 6.04 Å². The van der Waals surface area contributed by atoms with E-state index in [1.165, 1.54) is 6.07 Å². The fraction of sp³-hybridized carbons (Fsp3) is 0.562. The van der Waals surface area contributed by atoms with Crippen LogP contribution in [-0.4, -0.2) is 22.9 Å². The smallest absolute Gasteiger partial charge is 0.241 e. The zero-order valence-corrected chi connectivity index (χ0v) is 12.6. The number of amides is 1. The molecule has 4 heteroatoms. The summed E-state index contributed by atoms with van der Waals surface area (Å²) < 4.78 is 14.1. The molecular weight excluding hydrogens is 255 g/mol. The zero-order chi connectivity index (χ0) is 14.9. The minimum absolute atomic E-state index is 0.0719. The molecule has 0 saturated carbocycles. The summed E-state index contributed by atoms with van der Waals surface area (Å²) in [5.74, 6) is -0.0102. The van der Waals surface area contributed by atoms with Gasteiger partial charge in [-0.05, 0) is 25.3 Å². The van der Waals surface area contributed by atoms with Crippen molar-refractivity contribution < 1.29 is 9.18 Å². The molecule has 2 rings (SSSR count). The van der Waals surface area contributed by atoms with Crippen molar-refractivity contribution in [1.29, 1.82) is 0 Å². The summed E-state index contributed by atoms with van der Waals surface area (Å²) in [7, 11) is 0. The third kappa shape index (κ3) is 2.57. The van der Waals surface area contributed by atoms with E-state index in [0.717, 1.165) is 6.42 Å². The molecule has 0 radical (unpaired) electrons. The second kappa shape index (κ2) is 5.92. The molecule has 1 N–H and O–H groups in total. The van der Waals surface area contributed by atoms with Gasteiger partial charge in [0.15, 0.2) is 0 Å². The molecular formula is C16H23FN2O. The summed E-state index contributed by atoms with van der Waals surface area (Å²) in [6.45, 7) is 8.07. The number of carbonyl (C=O) groups is 1. The summed E-state index contributed by atoms with van der Waals surface area (Å²) in [6, 6.07) is 6.51. The van der Waals surface area contributed by atoms with Gasteiger partial charge in [-0.15, -0.1) is 0 Å². The van der Waals surface area contributed by atoms with Gasteiger partial charge in [0.25, 0.3) is 0 Å². The predicted octanol–water partition coefficient (Wildman–Crippen LogP) is 3.08. The lowest BCUT2D eigenvalue weighted by atomic mass is 10.0. The molecule has 1 aliphatic rings. The van der Waals surface area contributed by atoms with Gasteiger partial charge in [0.2, 0.25) is 5.91 Å². The number of hydrogen-bond acceptors (Lipinski definition) is 2. The minimum Gasteiger partial charge on any atom is -0.319 e. The van der Waals surface area contributed by atoms with Gasteiger partial charge in [0.1, 0.15) is 12.0 Å². The van der Waals surface area contributed by atoms with Crippen molar-refractivity contribution in [1.82, 2.24) is 10.2 Å². The average Bonchev–Trinajstić information content (AvgIpc) is 2.76. The van der Waals surface area contributed by atoms with E-state index >= 15 is 0 Å². The fourth-order valence-corrected chi connectivity index (χ4v) is 2.69. The van der Waals surface area contributed by atoms with Crippen LogP contribution in [0.2, 0.25) is 0 Å². The van der Waals surface area contributed by atoms with Gasteiger partial charge in [-0.25, -0.2) is 4.39 Å². The topological polar surface area (TPSA) is 32.3 Å². The summed E-state index contributed by atoms with van der Waals surface area (Å²) in [5, 5.41) is 3.30. The van der Waals surface area contributed by atoms with Gasteiger partial charge in [-0.2, -0.15) is 0 Å². The van der Waals surface area contributed by atoms with Crippen LogP contribution in [0.4, 0.5) is 4.39 Å². The maximum Gasteiger partial charge on any atom is 0.241 e. The molecule has 20 heavy (non-hydrogen) atoms. The fourth-order valence-electron chi connectivity index (χ4n) is 2.69. The van der Waals surface area contributed by atoms with Gasteiger partial charge < -0.3 is 4.90 Å². The molecule has 3 unspecified atom stereocenters. The molecule has 1 saturated heterocycles. The SMILES string of the molecule is CCC(C)N1C(=O)C(C(C)C)NC1c1ccccc1F. The number of carbonyl (C=O) groups excluding carboxylic acids is 1. The number of rotatable bonds is 4. The second-order valence-electron chi connectivity index (χ2n) is 5.82. The van der Waals surface area contributed by atoms with Crippen molar-refractivity contribution in [3.8, 4) is 0 Å². The third-order valence-electron chi connectivity index (χ3n) is 4.07. The Kier molecular flexibility index (Phi) is 4.43. The van der Waals surface area contributed by atoms with Crippen molar-refractivity contribution in [3.05, 3.63) is 35.6 Å². The van der Waals surface area contributed by atoms with Gasteiger partial charge >= 0.3 is 0 Å². The van der Waals surface area contributed by atoms with Crippen LogP contribution in [0.5, 0.6) is 0 Å². The highest BCUT2D eigenvalue weighted by Gasteiger charge is 2.43. The first kappa shape index (κ1) is 15.0. The molecule has 1 fully saturated rings. The molecule has 1 aromatic rings. The van der Waals surface area contributed by atoms with Crippen LogP contribution >= 0.6 is 0 Å². The molecule has 1 aromatic carbocycles. The van der Waals surface area contributed by atoms with Gasteiger partial charge in [-0.1, -0.05) is 39.0 Å². The quantitative estimate of drug-likeness (QED) is 0.918. The van der Waals surface area contributed by atoms with Crippen LogP contribution in [0.1, 0.15) is 45.8 Å². The first-order valence-corrected chi connectivity index (χ1v) is 7.30. The van der Waals surface area contributed by atoms with Crippen molar-refractivity contribution in [2.45, 2.75) is 52.4 Å². The Morgan fingerprint density at radius 1 is 1.30 bits per heavy atom. The normalized spacial score (nSPS) is 24.5. The zero-order valence-electron chi connectivity index (χ0n) is 12.6. The monoisotopic (exact) mass is 278 g/mol. The number of benzene rings is 1. The maximum atomic E-state index is 14.1. The van der Waals surface area contributed by atoms with Crippen molar-refractivity contribution in [2.24, 2.45) is 5.92 Å². The highest BCUT2D eigenvalue weighted by Crippen LogP contribution is 2.31. The molecule has 0 spiro atoms. The maximum absolute atomic E-state index is 14.1. The Labute approximate surface area is 120 Å². The molecule has 1 amide bonds. The number of hydrogen-bond donors (Lipinski definition) is 1. The van der Waals surface area contributed by atoms with E-state index in [9.17, 15) is 9.18 Å². The summed E-state index contributed by atoms with van der Waals surface area (Å²) in [4.78, 5) is 14.4. The van der Waals surface area contributed by atoms with Crippen LogP contribution in [0.3, 0.4) is 0 Å². The lowest BCUT2D eigenvalue weighted by Gasteiger charge is -2.30. The third-order valence-corrected chi connectivity index (χ3v) is 4.07. The Balaban J connectivity index is 2.39. The largest absolute Gasteiger partial charge is 0.319 e. The first-order chi connectivity index (χ1) is 9.47. The van der Waals surface area contributed by atoms with E-state index in [4.69, 9.17) is 0 Å². The Morgan fingerprint density at radius 3 is 2.50 bits per heavy atom. The van der Waals surface area contributed by atoms with E-state index in [0.29, 0.717) is 5.56 Å². The van der Waals surface area contributed by atoms with E-state index in [1.54, 1.807) is 17.0 Å². The highest BCUT2D eigenvalue weighted by atomic mass is 19.1. The second-order valence-corrected chi connectivity index (χ2v) is 5.82. The van der Waals surface area contributed by atoms with Crippen LogP contribution in [0, 0.1) is 11.7 Å². The molecule has 3 atom stereocenters. The molecule has 1 aliphatic heterocycles. The molecule has 0 aliphatic carbocycles. The molecule has 110 valence electrons. The summed E-state index contributed by atoms with van der Waals surface area (Å²) in [5.41, 5.74) is 0.546. The summed E-state index contributed by atoms with van der Waals surface area (Å²) in [6.07, 6.45) is 0.481. The van der Waals surface area contributed by atoms with E-state index in [1.807, 2.05) is 33.8 Å². The van der Waals surface area contributed by atoms with Crippen LogP contribution < -0.4 is 5.32 Å². The van der Waals surface area contributed by atoms with E-state index in [2.05, 4.69) is 5.32 Å². The van der Waals surface area contributed by atoms with Gasteiger partial charge in [-0.3, -0.25) is 10.1 Å². The average molecular weight is 278 g/mol. The van der Waals surface area contributed by atoms with E-state index in [-0.39, 0.29) is 35.9 Å². The Morgan fingerprint density at radius 2 is 1.95 bits per heavy atom. The molecule has 0 aromatic heterocycles.